The number of halogens is 9. The Morgan fingerprint density at radius 1 is 0.468 bits per heavy atom. The molecule has 0 aliphatic carbocycles. The van der Waals surface area contributed by atoms with Crippen molar-refractivity contribution >= 4 is 162 Å². The number of carbonyl (C=O) groups is 2. The lowest BCUT2D eigenvalue weighted by Gasteiger charge is -2.10. The summed E-state index contributed by atoms with van der Waals surface area (Å²) in [5, 5.41) is 4.52. The number of ketones is 2. The smallest absolute Gasteiger partial charge is 0.230 e. The van der Waals surface area contributed by atoms with Crippen molar-refractivity contribution in [2.45, 2.75) is 10.7 Å². The van der Waals surface area contributed by atoms with Gasteiger partial charge in [-0.3, -0.25) is 9.59 Å². The number of fused-ring (bicyclic) bond motifs is 2. The second-order valence-corrected chi connectivity index (χ2v) is 16.7. The standard InChI is InChI=1S/2C15H9BrCl2N2.C9H6BrClO2.C6H7ClN2/c16-8-13-14(9-4-1-2-5-10(9)17)19-12-7-3-6-11(18)15(12)20-13;16-8-13-14(9-4-1-2-5-10(9)17)20-15-11(18)6-3-7-12(15)19-13;10-5-8(12)9(13)6-3-1-2-4-7(6)11;7-4-2-1-3-5(8)6(4)9/h2*1-7H,8H2;1-4H,5H2;1-3H,8-9H2. The lowest BCUT2D eigenvalue weighted by atomic mass is 10.1. The molecule has 316 valence electrons. The van der Waals surface area contributed by atoms with E-state index in [1.807, 2.05) is 84.9 Å². The summed E-state index contributed by atoms with van der Waals surface area (Å²) in [6.07, 6.45) is 0. The SMILES string of the molecule is Clc1ccccc1-c1nc2c(Cl)cccc2nc1CBr.Clc1ccccc1-c1nc2cccc(Cl)c2nc1CBr.Nc1cccc(Cl)c1N.O=C(CBr)C(=O)c1ccccc1Cl. The van der Waals surface area contributed by atoms with Gasteiger partial charge in [-0.25, -0.2) is 19.9 Å². The second-order valence-electron chi connectivity index (χ2n) is 12.6. The number of Topliss-reactive ketones (excluding diaryl/α,β-unsaturated/α-hetero) is 2. The molecular formula is C45H31Br3Cl6N6O2. The molecule has 0 bridgehead atoms. The molecule has 62 heavy (non-hydrogen) atoms. The summed E-state index contributed by atoms with van der Waals surface area (Å²) in [7, 11) is 0. The van der Waals surface area contributed by atoms with Crippen LogP contribution in [-0.2, 0) is 15.5 Å². The van der Waals surface area contributed by atoms with E-state index in [4.69, 9.17) is 81.1 Å². The quantitative estimate of drug-likeness (QED) is 0.0696. The first-order valence-electron chi connectivity index (χ1n) is 18.0. The summed E-state index contributed by atoms with van der Waals surface area (Å²) in [6.45, 7) is 0. The Hall–Kier alpha value is -3.88. The molecule has 0 radical (unpaired) electrons. The van der Waals surface area contributed by atoms with E-state index in [1.54, 1.807) is 36.4 Å². The van der Waals surface area contributed by atoms with Crippen molar-refractivity contribution in [2.75, 3.05) is 16.8 Å². The van der Waals surface area contributed by atoms with Gasteiger partial charge in [0.05, 0.1) is 80.6 Å². The van der Waals surface area contributed by atoms with Gasteiger partial charge >= 0.3 is 0 Å². The van der Waals surface area contributed by atoms with Crippen LogP contribution in [0.5, 0.6) is 0 Å². The molecule has 0 saturated carbocycles. The molecule has 0 unspecified atom stereocenters. The highest BCUT2D eigenvalue weighted by Crippen LogP contribution is 2.34. The fourth-order valence-electron chi connectivity index (χ4n) is 5.49. The first kappa shape index (κ1) is 49.1. The Bertz CT molecular complexity index is 2870. The molecule has 0 aliphatic rings. The van der Waals surface area contributed by atoms with E-state index in [9.17, 15) is 9.59 Å². The highest BCUT2D eigenvalue weighted by Gasteiger charge is 2.18. The van der Waals surface area contributed by atoms with E-state index in [-0.39, 0.29) is 10.9 Å². The van der Waals surface area contributed by atoms with E-state index in [0.29, 0.717) is 63.2 Å². The van der Waals surface area contributed by atoms with E-state index >= 15 is 0 Å². The van der Waals surface area contributed by atoms with Crippen LogP contribution in [0, 0.1) is 0 Å². The predicted molar refractivity (Wildman–Crippen MR) is 270 cm³/mol. The Kier molecular flexibility index (Phi) is 18.8. The number of hydrogen-bond donors (Lipinski definition) is 2. The number of benzene rings is 6. The molecule has 2 heterocycles. The maximum absolute atomic E-state index is 11.3. The van der Waals surface area contributed by atoms with E-state index in [1.165, 1.54) is 6.07 Å². The molecule has 6 aromatic carbocycles. The van der Waals surface area contributed by atoms with Gasteiger partial charge in [-0.05, 0) is 60.7 Å². The van der Waals surface area contributed by atoms with Crippen LogP contribution in [-0.4, -0.2) is 36.8 Å². The number of carbonyl (C=O) groups excluding carboxylic acids is 2. The maximum atomic E-state index is 11.3. The number of nitrogen functional groups attached to an aromatic ring is 2. The number of aromatic nitrogens is 4. The Morgan fingerprint density at radius 2 is 0.903 bits per heavy atom. The molecule has 0 amide bonds. The summed E-state index contributed by atoms with van der Waals surface area (Å²) < 4.78 is 0. The third-order valence-electron chi connectivity index (χ3n) is 8.53. The van der Waals surface area contributed by atoms with Gasteiger partial charge < -0.3 is 11.5 Å². The summed E-state index contributed by atoms with van der Waals surface area (Å²) >= 11 is 46.1. The molecule has 0 spiro atoms. The Morgan fingerprint density at radius 3 is 1.40 bits per heavy atom. The number of hydrogen-bond acceptors (Lipinski definition) is 8. The van der Waals surface area contributed by atoms with Crippen LogP contribution in [0.3, 0.4) is 0 Å². The molecule has 0 atom stereocenters. The fraction of sp³-hybridized carbons (Fsp3) is 0.0667. The van der Waals surface area contributed by atoms with Gasteiger partial charge in [0.15, 0.2) is 0 Å². The van der Waals surface area contributed by atoms with Crippen molar-refractivity contribution in [3.63, 3.8) is 0 Å². The zero-order valence-electron chi connectivity index (χ0n) is 31.9. The fourth-order valence-corrected chi connectivity index (χ4v) is 7.81. The first-order chi connectivity index (χ1) is 29.8. The minimum absolute atomic E-state index is 0.0249. The van der Waals surface area contributed by atoms with E-state index < -0.39 is 11.6 Å². The van der Waals surface area contributed by atoms with E-state index in [0.717, 1.165) is 44.9 Å². The lowest BCUT2D eigenvalue weighted by molar-refractivity contribution is -0.112. The van der Waals surface area contributed by atoms with Crippen LogP contribution in [0.25, 0.3) is 44.6 Å². The van der Waals surface area contributed by atoms with Crippen molar-refractivity contribution in [1.29, 1.82) is 0 Å². The average molecular weight is 1140 g/mol. The Labute approximate surface area is 412 Å². The topological polar surface area (TPSA) is 138 Å². The predicted octanol–water partition coefficient (Wildman–Crippen LogP) is 15.0. The third kappa shape index (κ3) is 12.4. The van der Waals surface area contributed by atoms with Crippen molar-refractivity contribution in [1.82, 2.24) is 19.9 Å². The zero-order valence-corrected chi connectivity index (χ0v) is 41.2. The number of rotatable bonds is 7. The van der Waals surface area contributed by atoms with Gasteiger partial charge in [0.25, 0.3) is 0 Å². The summed E-state index contributed by atoms with van der Waals surface area (Å²) in [5.74, 6) is -1.05. The van der Waals surface area contributed by atoms with Crippen LogP contribution in [0.15, 0.2) is 127 Å². The number of anilines is 2. The van der Waals surface area contributed by atoms with Gasteiger partial charge in [0.2, 0.25) is 11.6 Å². The van der Waals surface area contributed by atoms with Crippen LogP contribution >= 0.6 is 117 Å². The highest BCUT2D eigenvalue weighted by molar-refractivity contribution is 9.09. The third-order valence-corrected chi connectivity index (χ3v) is 12.0. The van der Waals surface area contributed by atoms with Gasteiger partial charge in [0.1, 0.15) is 11.0 Å². The van der Waals surface area contributed by atoms with Gasteiger partial charge in [-0.1, -0.05) is 184 Å². The van der Waals surface area contributed by atoms with Crippen molar-refractivity contribution < 1.29 is 9.59 Å². The molecule has 4 N–H and O–H groups in total. The zero-order chi connectivity index (χ0) is 44.9. The minimum atomic E-state index is -0.553. The average Bonchev–Trinajstić information content (AvgIpc) is 3.28. The number of para-hydroxylation sites is 3. The van der Waals surface area contributed by atoms with Gasteiger partial charge in [-0.15, -0.1) is 0 Å². The summed E-state index contributed by atoms with van der Waals surface area (Å²) in [6, 6.07) is 38.0. The summed E-state index contributed by atoms with van der Waals surface area (Å²) in [4.78, 5) is 40.9. The molecule has 0 saturated heterocycles. The molecule has 8 aromatic rings. The highest BCUT2D eigenvalue weighted by atomic mass is 79.9. The molecular weight excluding hydrogens is 1110 g/mol. The lowest BCUT2D eigenvalue weighted by Crippen LogP contribution is -2.15. The van der Waals surface area contributed by atoms with Crippen molar-refractivity contribution in [2.24, 2.45) is 0 Å². The number of nitrogens with zero attached hydrogens (tertiary/aromatic N) is 4. The monoisotopic (exact) mass is 1130 g/mol. The number of alkyl halides is 3. The van der Waals surface area contributed by atoms with Crippen LogP contribution < -0.4 is 11.5 Å². The van der Waals surface area contributed by atoms with Crippen LogP contribution in [0.1, 0.15) is 21.7 Å². The van der Waals surface area contributed by atoms with Gasteiger partial charge in [-0.2, -0.15) is 0 Å². The van der Waals surface area contributed by atoms with Crippen LogP contribution in [0.2, 0.25) is 30.1 Å². The molecule has 8 rings (SSSR count). The second kappa shape index (κ2) is 23.7. The molecule has 2 aromatic heterocycles. The van der Waals surface area contributed by atoms with Crippen molar-refractivity contribution in [3.8, 4) is 22.5 Å². The maximum Gasteiger partial charge on any atom is 0.230 e. The first-order valence-corrected chi connectivity index (χ1v) is 23.6. The minimum Gasteiger partial charge on any atom is -0.397 e. The number of nitrogens with two attached hydrogens (primary N) is 2. The van der Waals surface area contributed by atoms with Gasteiger partial charge in [0, 0.05) is 27.4 Å². The van der Waals surface area contributed by atoms with Crippen molar-refractivity contribution in [3.05, 3.63) is 174 Å². The molecule has 8 nitrogen and oxygen atoms in total. The largest absolute Gasteiger partial charge is 0.397 e. The van der Waals surface area contributed by atoms with Crippen LogP contribution in [0.4, 0.5) is 11.4 Å². The molecule has 0 fully saturated rings. The van der Waals surface area contributed by atoms with E-state index in [2.05, 4.69) is 67.7 Å². The Balaban J connectivity index is 0.000000163. The molecule has 0 aliphatic heterocycles. The molecule has 17 heteroatoms. The normalized spacial score (nSPS) is 10.5. The summed E-state index contributed by atoms with van der Waals surface area (Å²) in [5.41, 5.74) is 19.9.